The van der Waals surface area contributed by atoms with Crippen molar-refractivity contribution in [3.05, 3.63) is 21.9 Å². The predicted octanol–water partition coefficient (Wildman–Crippen LogP) is 2.62. The van der Waals surface area contributed by atoms with E-state index in [9.17, 15) is 0 Å². The third-order valence-electron chi connectivity index (χ3n) is 1.87. The number of hydrogen-bond donors (Lipinski definition) is 1. The van der Waals surface area contributed by atoms with Gasteiger partial charge in [0.15, 0.2) is 0 Å². The van der Waals surface area contributed by atoms with E-state index in [0.29, 0.717) is 0 Å². The minimum atomic E-state index is -0.169. The maximum absolute atomic E-state index is 9.08. The molecule has 1 aromatic heterocycles. The summed E-state index contributed by atoms with van der Waals surface area (Å²) >= 11 is 1.86. The monoisotopic (exact) mass is 184 g/mol. The summed E-state index contributed by atoms with van der Waals surface area (Å²) < 4.78 is 0. The Labute approximate surface area is 78.1 Å². The molecule has 0 fully saturated rings. The number of rotatable bonds is 4. The molecule has 0 amide bonds. The first kappa shape index (κ1) is 9.75. The highest BCUT2D eigenvalue weighted by molar-refractivity contribution is 7.11. The first-order chi connectivity index (χ1) is 5.72. The molecule has 0 saturated heterocycles. The summed E-state index contributed by atoms with van der Waals surface area (Å²) in [5, 5.41) is 9.08. The molecule has 1 aromatic rings. The van der Waals surface area contributed by atoms with Crippen molar-refractivity contribution >= 4 is 11.3 Å². The van der Waals surface area contributed by atoms with E-state index in [1.807, 2.05) is 18.3 Å². The molecule has 1 heterocycles. The maximum atomic E-state index is 9.08. The normalized spacial score (nSPS) is 13.2. The molecule has 0 saturated carbocycles. The van der Waals surface area contributed by atoms with Gasteiger partial charge in [-0.2, -0.15) is 0 Å². The molecular weight excluding hydrogens is 168 g/mol. The standard InChI is InChI=1S/C10H16OS/c1-3-9-6-7-10(12-9)5-4-8(2)11/h6-8,11H,3-5H2,1-2H3. The molecule has 2 heteroatoms. The summed E-state index contributed by atoms with van der Waals surface area (Å²) in [6.45, 7) is 4.01. The predicted molar refractivity (Wildman–Crippen MR) is 53.7 cm³/mol. The molecule has 0 bridgehead atoms. The Morgan fingerprint density at radius 2 is 2.08 bits per heavy atom. The summed E-state index contributed by atoms with van der Waals surface area (Å²) in [4.78, 5) is 2.84. The van der Waals surface area contributed by atoms with Crippen LogP contribution in [0.1, 0.15) is 30.0 Å². The van der Waals surface area contributed by atoms with Crippen LogP contribution in [0.15, 0.2) is 12.1 Å². The van der Waals surface area contributed by atoms with Crippen LogP contribution >= 0.6 is 11.3 Å². The van der Waals surface area contributed by atoms with E-state index in [1.54, 1.807) is 0 Å². The summed E-state index contributed by atoms with van der Waals surface area (Å²) in [7, 11) is 0. The van der Waals surface area contributed by atoms with E-state index in [1.165, 1.54) is 9.75 Å². The summed E-state index contributed by atoms with van der Waals surface area (Å²) in [6.07, 6.45) is 2.85. The number of aryl methyl sites for hydroxylation is 2. The van der Waals surface area contributed by atoms with Crippen LogP contribution in [0.5, 0.6) is 0 Å². The third-order valence-corrected chi connectivity index (χ3v) is 3.16. The number of thiophene rings is 1. The number of aliphatic hydroxyl groups excluding tert-OH is 1. The highest BCUT2D eigenvalue weighted by Gasteiger charge is 2.00. The second kappa shape index (κ2) is 4.63. The average molecular weight is 184 g/mol. The van der Waals surface area contributed by atoms with Crippen molar-refractivity contribution in [3.63, 3.8) is 0 Å². The lowest BCUT2D eigenvalue weighted by atomic mass is 10.2. The zero-order chi connectivity index (χ0) is 8.97. The van der Waals surface area contributed by atoms with Gasteiger partial charge in [-0.05, 0) is 38.3 Å². The molecule has 0 radical (unpaired) electrons. The van der Waals surface area contributed by atoms with E-state index < -0.39 is 0 Å². The Morgan fingerprint density at radius 1 is 1.42 bits per heavy atom. The SMILES string of the molecule is CCc1ccc(CCC(C)O)s1. The fourth-order valence-electron chi connectivity index (χ4n) is 1.10. The van der Waals surface area contributed by atoms with E-state index in [-0.39, 0.29) is 6.10 Å². The van der Waals surface area contributed by atoms with Crippen molar-refractivity contribution in [2.75, 3.05) is 0 Å². The smallest absolute Gasteiger partial charge is 0.0515 e. The number of aliphatic hydroxyl groups is 1. The Bertz CT molecular complexity index is 227. The van der Waals surface area contributed by atoms with E-state index in [2.05, 4.69) is 19.1 Å². The zero-order valence-electron chi connectivity index (χ0n) is 7.71. The van der Waals surface area contributed by atoms with Crippen LogP contribution in [0.25, 0.3) is 0 Å². The van der Waals surface area contributed by atoms with Crippen LogP contribution < -0.4 is 0 Å². The van der Waals surface area contributed by atoms with Crippen molar-refractivity contribution in [1.82, 2.24) is 0 Å². The van der Waals surface area contributed by atoms with Crippen molar-refractivity contribution in [2.24, 2.45) is 0 Å². The maximum Gasteiger partial charge on any atom is 0.0515 e. The molecule has 0 aromatic carbocycles. The van der Waals surface area contributed by atoms with Crippen LogP contribution in [0.4, 0.5) is 0 Å². The zero-order valence-corrected chi connectivity index (χ0v) is 8.53. The van der Waals surface area contributed by atoms with Crippen LogP contribution in [-0.4, -0.2) is 11.2 Å². The first-order valence-corrected chi connectivity index (χ1v) is 5.29. The topological polar surface area (TPSA) is 20.2 Å². The van der Waals surface area contributed by atoms with Gasteiger partial charge in [0.25, 0.3) is 0 Å². The minimum absolute atomic E-state index is 0.169. The summed E-state index contributed by atoms with van der Waals surface area (Å²) in [6, 6.07) is 4.36. The Hall–Kier alpha value is -0.340. The van der Waals surface area contributed by atoms with Crippen LogP contribution in [-0.2, 0) is 12.8 Å². The molecule has 0 aliphatic rings. The summed E-state index contributed by atoms with van der Waals surface area (Å²) in [5.41, 5.74) is 0. The van der Waals surface area contributed by atoms with Crippen molar-refractivity contribution < 1.29 is 5.11 Å². The van der Waals surface area contributed by atoms with Gasteiger partial charge in [0.2, 0.25) is 0 Å². The van der Waals surface area contributed by atoms with E-state index >= 15 is 0 Å². The van der Waals surface area contributed by atoms with Gasteiger partial charge < -0.3 is 5.11 Å². The Morgan fingerprint density at radius 3 is 2.58 bits per heavy atom. The first-order valence-electron chi connectivity index (χ1n) is 4.48. The summed E-state index contributed by atoms with van der Waals surface area (Å²) in [5.74, 6) is 0. The number of hydrogen-bond acceptors (Lipinski definition) is 2. The quantitative estimate of drug-likeness (QED) is 0.762. The second-order valence-electron chi connectivity index (χ2n) is 3.11. The molecule has 0 aliphatic heterocycles. The van der Waals surface area contributed by atoms with Gasteiger partial charge in [0.05, 0.1) is 6.10 Å². The Balaban J connectivity index is 2.41. The minimum Gasteiger partial charge on any atom is -0.393 e. The molecular formula is C10H16OS. The van der Waals surface area contributed by atoms with E-state index in [0.717, 1.165) is 19.3 Å². The molecule has 1 atom stereocenters. The average Bonchev–Trinajstić information content (AvgIpc) is 2.48. The van der Waals surface area contributed by atoms with Gasteiger partial charge in [-0.1, -0.05) is 6.92 Å². The van der Waals surface area contributed by atoms with Crippen molar-refractivity contribution in [1.29, 1.82) is 0 Å². The lowest BCUT2D eigenvalue weighted by Crippen LogP contribution is -1.99. The van der Waals surface area contributed by atoms with Gasteiger partial charge in [0, 0.05) is 9.75 Å². The van der Waals surface area contributed by atoms with Gasteiger partial charge in [-0.25, -0.2) is 0 Å². The molecule has 12 heavy (non-hydrogen) atoms. The molecule has 1 unspecified atom stereocenters. The van der Waals surface area contributed by atoms with Gasteiger partial charge in [-0.3, -0.25) is 0 Å². The molecule has 1 rings (SSSR count). The van der Waals surface area contributed by atoms with Gasteiger partial charge in [-0.15, -0.1) is 11.3 Å². The molecule has 0 spiro atoms. The highest BCUT2D eigenvalue weighted by Crippen LogP contribution is 2.18. The lowest BCUT2D eigenvalue weighted by molar-refractivity contribution is 0.185. The lowest BCUT2D eigenvalue weighted by Gasteiger charge is -2.00. The molecule has 0 aliphatic carbocycles. The highest BCUT2D eigenvalue weighted by atomic mass is 32.1. The van der Waals surface area contributed by atoms with Crippen LogP contribution in [0, 0.1) is 0 Å². The van der Waals surface area contributed by atoms with Gasteiger partial charge >= 0.3 is 0 Å². The third kappa shape index (κ3) is 2.95. The van der Waals surface area contributed by atoms with Crippen LogP contribution in [0.3, 0.4) is 0 Å². The fraction of sp³-hybridized carbons (Fsp3) is 0.600. The van der Waals surface area contributed by atoms with Crippen molar-refractivity contribution in [2.45, 2.75) is 39.2 Å². The van der Waals surface area contributed by atoms with Crippen molar-refractivity contribution in [3.8, 4) is 0 Å². The molecule has 68 valence electrons. The van der Waals surface area contributed by atoms with Gasteiger partial charge in [0.1, 0.15) is 0 Å². The molecule has 1 N–H and O–H groups in total. The fourth-order valence-corrected chi connectivity index (χ4v) is 2.07. The second-order valence-corrected chi connectivity index (χ2v) is 4.36. The van der Waals surface area contributed by atoms with E-state index in [4.69, 9.17) is 5.11 Å². The largest absolute Gasteiger partial charge is 0.393 e. The Kier molecular flexibility index (Phi) is 3.76. The molecule has 1 nitrogen and oxygen atoms in total. The van der Waals surface area contributed by atoms with Crippen LogP contribution in [0.2, 0.25) is 0 Å².